The summed E-state index contributed by atoms with van der Waals surface area (Å²) >= 11 is 0. The van der Waals surface area contributed by atoms with Gasteiger partial charge in [0, 0.05) is 25.0 Å². The molecular formula is C21H23F3N4O2. The third kappa shape index (κ3) is 6.28. The fourth-order valence-corrected chi connectivity index (χ4v) is 3.35. The van der Waals surface area contributed by atoms with Crippen molar-refractivity contribution < 1.29 is 22.8 Å². The van der Waals surface area contributed by atoms with Crippen LogP contribution in [0.2, 0.25) is 0 Å². The van der Waals surface area contributed by atoms with E-state index < -0.39 is 23.6 Å². The molecule has 0 unspecified atom stereocenters. The van der Waals surface area contributed by atoms with Crippen LogP contribution < -0.4 is 10.6 Å². The number of hydrogen-bond acceptors (Lipinski definition) is 4. The highest BCUT2D eigenvalue weighted by Gasteiger charge is 2.30. The lowest BCUT2D eigenvalue weighted by Gasteiger charge is -2.31. The average molecular weight is 420 g/mol. The molecule has 0 saturated carbocycles. The number of nitrogens with one attached hydrogen (secondary N) is 2. The van der Waals surface area contributed by atoms with E-state index >= 15 is 0 Å². The highest BCUT2D eigenvalue weighted by Crippen LogP contribution is 2.30. The van der Waals surface area contributed by atoms with E-state index in [1.165, 1.54) is 12.1 Å². The van der Waals surface area contributed by atoms with Gasteiger partial charge in [0.1, 0.15) is 0 Å². The number of carbonyl (C=O) groups excluding carboxylic acids is 2. The molecule has 1 aromatic heterocycles. The minimum atomic E-state index is -4.52. The molecule has 0 aliphatic carbocycles. The zero-order valence-corrected chi connectivity index (χ0v) is 16.3. The summed E-state index contributed by atoms with van der Waals surface area (Å²) in [6, 6.07) is 9.98. The number of hydrogen-bond donors (Lipinski definition) is 2. The van der Waals surface area contributed by atoms with E-state index in [4.69, 9.17) is 0 Å². The number of nitrogens with zero attached hydrogens (tertiary/aromatic N) is 2. The Hall–Kier alpha value is -2.94. The smallest absolute Gasteiger partial charge is 0.348 e. The molecule has 1 saturated heterocycles. The minimum absolute atomic E-state index is 0.0761. The predicted molar refractivity (Wildman–Crippen MR) is 105 cm³/mol. The summed E-state index contributed by atoms with van der Waals surface area (Å²) < 4.78 is 38.2. The lowest BCUT2D eigenvalue weighted by Crippen LogP contribution is -2.41. The zero-order chi connectivity index (χ0) is 21.6. The van der Waals surface area contributed by atoms with Gasteiger partial charge in [-0.25, -0.2) is 0 Å². The summed E-state index contributed by atoms with van der Waals surface area (Å²) in [7, 11) is 0. The fourth-order valence-electron chi connectivity index (χ4n) is 3.35. The largest absolute Gasteiger partial charge is 0.416 e. The third-order valence-corrected chi connectivity index (χ3v) is 5.02. The monoisotopic (exact) mass is 420 g/mol. The quantitative estimate of drug-likeness (QED) is 0.730. The van der Waals surface area contributed by atoms with Crippen LogP contribution in [-0.4, -0.2) is 41.3 Å². The van der Waals surface area contributed by atoms with Gasteiger partial charge in [0.05, 0.1) is 11.3 Å². The van der Waals surface area contributed by atoms with Crippen molar-refractivity contribution in [2.75, 3.05) is 25.0 Å². The van der Waals surface area contributed by atoms with E-state index in [1.807, 2.05) is 18.2 Å². The summed E-state index contributed by atoms with van der Waals surface area (Å²) in [5.74, 6) is -1.60. The van der Waals surface area contributed by atoms with Crippen LogP contribution in [0.15, 0.2) is 48.7 Å². The minimum Gasteiger partial charge on any atom is -0.348 e. The molecule has 2 aromatic rings. The molecular weight excluding hydrogens is 397 g/mol. The van der Waals surface area contributed by atoms with Crippen molar-refractivity contribution in [2.45, 2.75) is 25.6 Å². The lowest BCUT2D eigenvalue weighted by molar-refractivity contribution is -0.137. The number of benzene rings is 1. The number of halogens is 3. The number of amides is 2. The Labute approximate surface area is 172 Å². The van der Waals surface area contributed by atoms with E-state index in [1.54, 1.807) is 6.20 Å². The van der Waals surface area contributed by atoms with Crippen LogP contribution >= 0.6 is 0 Å². The first-order valence-electron chi connectivity index (χ1n) is 9.70. The molecule has 9 heteroatoms. The molecule has 160 valence electrons. The highest BCUT2D eigenvalue weighted by molar-refractivity contribution is 6.39. The van der Waals surface area contributed by atoms with Crippen LogP contribution in [0.1, 0.15) is 24.1 Å². The topological polar surface area (TPSA) is 74.3 Å². The molecule has 1 aliphatic rings. The first-order chi connectivity index (χ1) is 14.3. The van der Waals surface area contributed by atoms with Crippen molar-refractivity contribution in [1.82, 2.24) is 15.2 Å². The number of anilines is 1. The second-order valence-corrected chi connectivity index (χ2v) is 7.28. The number of carbonyl (C=O) groups is 2. The highest BCUT2D eigenvalue weighted by atomic mass is 19.4. The van der Waals surface area contributed by atoms with Crippen LogP contribution in [0.4, 0.5) is 18.9 Å². The molecule has 0 atom stereocenters. The van der Waals surface area contributed by atoms with Crippen molar-refractivity contribution in [3.05, 3.63) is 59.9 Å². The molecule has 3 rings (SSSR count). The van der Waals surface area contributed by atoms with Crippen molar-refractivity contribution in [1.29, 1.82) is 0 Å². The Balaban J connectivity index is 1.41. The van der Waals surface area contributed by atoms with E-state index in [2.05, 4.69) is 20.5 Å². The molecule has 2 amide bonds. The van der Waals surface area contributed by atoms with Crippen LogP contribution in [0, 0.1) is 5.92 Å². The number of aromatic nitrogens is 1. The first kappa shape index (κ1) is 21.8. The molecule has 30 heavy (non-hydrogen) atoms. The van der Waals surface area contributed by atoms with Crippen LogP contribution in [0.5, 0.6) is 0 Å². The third-order valence-electron chi connectivity index (χ3n) is 5.02. The first-order valence-corrected chi connectivity index (χ1v) is 9.70. The maximum absolute atomic E-state index is 12.7. The molecule has 6 nitrogen and oxygen atoms in total. The molecule has 0 radical (unpaired) electrons. The molecule has 2 N–H and O–H groups in total. The number of pyridine rings is 1. The predicted octanol–water partition coefficient (Wildman–Crippen LogP) is 3.07. The molecule has 0 spiro atoms. The normalized spacial score (nSPS) is 15.6. The van der Waals surface area contributed by atoms with Gasteiger partial charge >= 0.3 is 18.0 Å². The Kier molecular flexibility index (Phi) is 7.04. The van der Waals surface area contributed by atoms with Crippen LogP contribution in [0.3, 0.4) is 0 Å². The number of piperidine rings is 1. The van der Waals surface area contributed by atoms with Gasteiger partial charge < -0.3 is 10.6 Å². The summed E-state index contributed by atoms with van der Waals surface area (Å²) in [5, 5.41) is 4.79. The summed E-state index contributed by atoms with van der Waals surface area (Å²) in [6.45, 7) is 2.87. The Morgan fingerprint density at radius 3 is 2.50 bits per heavy atom. The van der Waals surface area contributed by atoms with Gasteiger partial charge in [-0.15, -0.1) is 0 Å². The molecule has 1 aromatic carbocycles. The van der Waals surface area contributed by atoms with Gasteiger partial charge in [-0.3, -0.25) is 19.5 Å². The van der Waals surface area contributed by atoms with Crippen molar-refractivity contribution in [2.24, 2.45) is 5.92 Å². The molecule has 1 aliphatic heterocycles. The van der Waals surface area contributed by atoms with E-state index in [-0.39, 0.29) is 11.6 Å². The molecule has 1 fully saturated rings. The van der Waals surface area contributed by atoms with Gasteiger partial charge in [-0.1, -0.05) is 12.1 Å². The van der Waals surface area contributed by atoms with Crippen molar-refractivity contribution >= 4 is 17.5 Å². The number of rotatable bonds is 5. The SMILES string of the molecule is O=C(NCC1CCN(Cc2ccccn2)CC1)C(=O)Nc1cccc(C(F)(F)F)c1. The standard InChI is InChI=1S/C21H23F3N4O2/c22-21(23,24)16-4-3-6-17(12-16)27-20(30)19(29)26-13-15-7-10-28(11-8-15)14-18-5-1-2-9-25-18/h1-6,9,12,15H,7-8,10-11,13-14H2,(H,26,29)(H,27,30). The Morgan fingerprint density at radius 1 is 1.07 bits per heavy atom. The second kappa shape index (κ2) is 9.71. The average Bonchev–Trinajstić information content (AvgIpc) is 2.73. The van der Waals surface area contributed by atoms with Gasteiger partial charge in [-0.2, -0.15) is 13.2 Å². The Bertz CT molecular complexity index is 866. The number of alkyl halides is 3. The summed E-state index contributed by atoms with van der Waals surface area (Å²) in [6.07, 6.45) is -0.999. The zero-order valence-electron chi connectivity index (χ0n) is 16.3. The maximum Gasteiger partial charge on any atom is 0.416 e. The lowest BCUT2D eigenvalue weighted by atomic mass is 9.96. The second-order valence-electron chi connectivity index (χ2n) is 7.28. The van der Waals surface area contributed by atoms with Crippen LogP contribution in [0.25, 0.3) is 0 Å². The summed E-state index contributed by atoms with van der Waals surface area (Å²) in [4.78, 5) is 30.6. The van der Waals surface area contributed by atoms with Gasteiger partial charge in [0.2, 0.25) is 0 Å². The van der Waals surface area contributed by atoms with E-state index in [0.29, 0.717) is 6.54 Å². The van der Waals surface area contributed by atoms with E-state index in [9.17, 15) is 22.8 Å². The van der Waals surface area contributed by atoms with Crippen LogP contribution in [-0.2, 0) is 22.3 Å². The molecule has 0 bridgehead atoms. The van der Waals surface area contributed by atoms with Gasteiger partial charge in [-0.05, 0) is 62.2 Å². The van der Waals surface area contributed by atoms with Crippen molar-refractivity contribution in [3.63, 3.8) is 0 Å². The maximum atomic E-state index is 12.7. The fraction of sp³-hybridized carbons (Fsp3) is 0.381. The summed E-state index contributed by atoms with van der Waals surface area (Å²) in [5.41, 5.74) is 0.0430. The number of likely N-dealkylation sites (tertiary alicyclic amines) is 1. The van der Waals surface area contributed by atoms with Gasteiger partial charge in [0.25, 0.3) is 0 Å². The van der Waals surface area contributed by atoms with E-state index in [0.717, 1.165) is 50.3 Å². The Morgan fingerprint density at radius 2 is 1.83 bits per heavy atom. The molecule has 2 heterocycles. The van der Waals surface area contributed by atoms with Gasteiger partial charge in [0.15, 0.2) is 0 Å². The van der Waals surface area contributed by atoms with Crippen molar-refractivity contribution in [3.8, 4) is 0 Å².